The first-order valence-corrected chi connectivity index (χ1v) is 24.0. The van der Waals surface area contributed by atoms with E-state index in [0.717, 1.165) is 17.3 Å². The van der Waals surface area contributed by atoms with Gasteiger partial charge >= 0.3 is 5.97 Å². The molecule has 10 heteroatoms. The van der Waals surface area contributed by atoms with Crippen molar-refractivity contribution in [3.63, 3.8) is 0 Å². The molecule has 0 fully saturated rings. The Balaban J connectivity index is 1.10. The van der Waals surface area contributed by atoms with Gasteiger partial charge in [0, 0.05) is 110 Å². The van der Waals surface area contributed by atoms with Crippen molar-refractivity contribution in [3.8, 4) is 0 Å². The SMILES string of the molecule is C=CC(=O)OCC(=S)NCC(CSc1cccc2c1sc1ccccc12)(CSc1cccc2c1sc1ccccc12)CSc1cccc2c1sc1ccccc12. The van der Waals surface area contributed by atoms with Gasteiger partial charge < -0.3 is 10.1 Å². The molecule has 9 aromatic rings. The summed E-state index contributed by atoms with van der Waals surface area (Å²) >= 11 is 17.2. The Bertz CT molecular complexity index is 2640. The lowest BCUT2D eigenvalue weighted by Gasteiger charge is -2.34. The maximum atomic E-state index is 12.0. The lowest BCUT2D eigenvalue weighted by molar-refractivity contribution is -0.136. The molecule has 0 atom stereocenters. The van der Waals surface area contributed by atoms with Crippen LogP contribution >= 0.6 is 81.5 Å². The third-order valence-corrected chi connectivity index (χ3v) is 18.4. The van der Waals surface area contributed by atoms with Crippen LogP contribution in [0.2, 0.25) is 0 Å². The van der Waals surface area contributed by atoms with Gasteiger partial charge in [0.15, 0.2) is 0 Å². The van der Waals surface area contributed by atoms with Crippen LogP contribution in [0.3, 0.4) is 0 Å². The van der Waals surface area contributed by atoms with Crippen molar-refractivity contribution in [1.82, 2.24) is 5.32 Å². The third-order valence-electron chi connectivity index (χ3n) is 9.88. The van der Waals surface area contributed by atoms with E-state index in [9.17, 15) is 4.79 Å². The minimum atomic E-state index is -0.480. The molecule has 56 heavy (non-hydrogen) atoms. The van der Waals surface area contributed by atoms with Crippen LogP contribution in [0.25, 0.3) is 60.5 Å². The smallest absolute Gasteiger partial charge is 0.330 e. The molecular weight excluding hydrogens is 823 g/mol. The molecule has 0 spiro atoms. The van der Waals surface area contributed by atoms with Gasteiger partial charge in [-0.2, -0.15) is 0 Å². The predicted octanol–water partition coefficient (Wildman–Crippen LogP) is 14.1. The third kappa shape index (κ3) is 7.61. The van der Waals surface area contributed by atoms with Crippen LogP contribution in [-0.4, -0.2) is 41.4 Å². The van der Waals surface area contributed by atoms with Crippen molar-refractivity contribution in [2.45, 2.75) is 14.7 Å². The average Bonchev–Trinajstić information content (AvgIpc) is 3.94. The highest BCUT2D eigenvalue weighted by atomic mass is 32.2. The molecule has 0 aliphatic rings. The zero-order valence-electron chi connectivity index (χ0n) is 30.1. The van der Waals surface area contributed by atoms with E-state index in [1.807, 2.05) is 69.3 Å². The number of hydrogen-bond donors (Lipinski definition) is 1. The molecule has 0 bridgehead atoms. The number of rotatable bonds is 14. The predicted molar refractivity (Wildman–Crippen MR) is 254 cm³/mol. The van der Waals surface area contributed by atoms with E-state index in [-0.39, 0.29) is 12.0 Å². The van der Waals surface area contributed by atoms with Crippen molar-refractivity contribution >= 4 is 153 Å². The minimum absolute atomic E-state index is 0.0208. The highest BCUT2D eigenvalue weighted by molar-refractivity contribution is 8.01. The molecular formula is C46H35NO2S7. The Morgan fingerprint density at radius 1 is 0.589 bits per heavy atom. The van der Waals surface area contributed by atoms with E-state index in [0.29, 0.717) is 11.5 Å². The Labute approximate surface area is 355 Å². The summed E-state index contributed by atoms with van der Waals surface area (Å²) in [5.41, 5.74) is -0.247. The first kappa shape index (κ1) is 37.7. The normalized spacial score (nSPS) is 12.0. The highest BCUT2D eigenvalue weighted by Gasteiger charge is 2.33. The molecule has 0 saturated carbocycles. The van der Waals surface area contributed by atoms with Gasteiger partial charge in [-0.05, 0) is 36.4 Å². The first-order valence-electron chi connectivity index (χ1n) is 18.1. The maximum Gasteiger partial charge on any atom is 0.330 e. The van der Waals surface area contributed by atoms with Gasteiger partial charge in [0.25, 0.3) is 0 Å². The van der Waals surface area contributed by atoms with E-state index in [1.165, 1.54) is 81.3 Å². The zero-order chi connectivity index (χ0) is 38.1. The second kappa shape index (κ2) is 16.5. The molecule has 0 amide bonds. The summed E-state index contributed by atoms with van der Waals surface area (Å²) in [6.07, 6.45) is 1.18. The highest BCUT2D eigenvalue weighted by Crippen LogP contribution is 2.47. The van der Waals surface area contributed by atoms with E-state index in [2.05, 4.69) is 139 Å². The van der Waals surface area contributed by atoms with Crippen molar-refractivity contribution in [1.29, 1.82) is 0 Å². The van der Waals surface area contributed by atoms with Crippen molar-refractivity contribution < 1.29 is 9.53 Å². The van der Waals surface area contributed by atoms with Gasteiger partial charge in [-0.25, -0.2) is 4.79 Å². The van der Waals surface area contributed by atoms with E-state index < -0.39 is 5.97 Å². The van der Waals surface area contributed by atoms with Gasteiger partial charge in [0.05, 0.1) is 0 Å². The number of carbonyl (C=O) groups excluding carboxylic acids is 1. The minimum Gasteiger partial charge on any atom is -0.455 e. The van der Waals surface area contributed by atoms with Gasteiger partial charge in [-0.15, -0.1) is 69.3 Å². The van der Waals surface area contributed by atoms with Crippen LogP contribution in [0.1, 0.15) is 0 Å². The van der Waals surface area contributed by atoms with E-state index >= 15 is 0 Å². The molecule has 0 saturated heterocycles. The maximum absolute atomic E-state index is 12.0. The monoisotopic (exact) mass is 857 g/mol. The molecule has 0 radical (unpaired) electrons. The van der Waals surface area contributed by atoms with Crippen molar-refractivity contribution in [2.75, 3.05) is 30.4 Å². The summed E-state index contributed by atoms with van der Waals surface area (Å²) in [5.74, 6) is 2.08. The van der Waals surface area contributed by atoms with Crippen LogP contribution in [-0.2, 0) is 9.53 Å². The molecule has 6 aromatic carbocycles. The summed E-state index contributed by atoms with van der Waals surface area (Å²) < 4.78 is 13.3. The lowest BCUT2D eigenvalue weighted by Crippen LogP contribution is -2.43. The van der Waals surface area contributed by atoms with Crippen molar-refractivity contribution in [3.05, 3.63) is 140 Å². The molecule has 3 aromatic heterocycles. The topological polar surface area (TPSA) is 38.3 Å². The molecule has 0 aliphatic carbocycles. The number of carbonyl (C=O) groups is 1. The van der Waals surface area contributed by atoms with E-state index in [1.54, 1.807) is 0 Å². The Kier molecular flexibility index (Phi) is 11.1. The van der Waals surface area contributed by atoms with Crippen LogP contribution in [0, 0.1) is 5.41 Å². The molecule has 0 unspecified atom stereocenters. The average molecular weight is 858 g/mol. The number of hydrogen-bond acceptors (Lipinski definition) is 9. The van der Waals surface area contributed by atoms with Crippen LogP contribution in [0.5, 0.6) is 0 Å². The standard InChI is InChI=1S/C46H35NO2S7/c1-2-42(48)49-24-41(50)47-25-46(26-51-38-21-9-15-32-29-12-3-6-18-35(29)54-43(32)38,27-52-39-22-10-16-33-30-13-4-7-19-36(30)55-44(33)39)28-53-40-23-11-17-34-31-14-5-8-20-37(31)56-45(34)40/h2-23H,1,24-28H2,(H,47,50). The van der Waals surface area contributed by atoms with Crippen LogP contribution in [0.4, 0.5) is 0 Å². The Hall–Kier alpha value is -3.87. The van der Waals surface area contributed by atoms with Gasteiger partial charge in [0.2, 0.25) is 0 Å². The molecule has 9 rings (SSSR count). The number of nitrogens with one attached hydrogen (secondary N) is 1. The summed E-state index contributed by atoms with van der Waals surface area (Å²) in [6.45, 7) is 4.19. The molecule has 3 nitrogen and oxygen atoms in total. The number of esters is 1. The number of ether oxygens (including phenoxy) is 1. The second-order valence-electron chi connectivity index (χ2n) is 13.6. The molecule has 1 N–H and O–H groups in total. The summed E-state index contributed by atoms with van der Waals surface area (Å²) in [6, 6.07) is 46.3. The number of fused-ring (bicyclic) bond motifs is 9. The fraction of sp³-hybridized carbons (Fsp3) is 0.130. The number of thiocarbonyl (C=S) groups is 1. The largest absolute Gasteiger partial charge is 0.455 e. The second-order valence-corrected chi connectivity index (χ2v) is 20.3. The molecule has 278 valence electrons. The van der Waals surface area contributed by atoms with Crippen molar-refractivity contribution in [2.24, 2.45) is 5.41 Å². The van der Waals surface area contributed by atoms with Crippen LogP contribution in [0.15, 0.2) is 155 Å². The Morgan fingerprint density at radius 2 is 0.964 bits per heavy atom. The number of benzene rings is 6. The van der Waals surface area contributed by atoms with Gasteiger partial charge in [-0.1, -0.05) is 110 Å². The van der Waals surface area contributed by atoms with Gasteiger partial charge in [-0.3, -0.25) is 0 Å². The summed E-state index contributed by atoms with van der Waals surface area (Å²) in [5, 5.41) is 11.4. The summed E-state index contributed by atoms with van der Waals surface area (Å²) in [4.78, 5) is 16.4. The molecule has 0 aliphatic heterocycles. The lowest BCUT2D eigenvalue weighted by atomic mass is 9.95. The zero-order valence-corrected chi connectivity index (χ0v) is 35.8. The number of thioether (sulfide) groups is 3. The number of thiophene rings is 3. The fourth-order valence-corrected chi connectivity index (χ4v) is 15.3. The quantitative estimate of drug-likeness (QED) is 0.0505. The first-order chi connectivity index (χ1) is 27.5. The van der Waals surface area contributed by atoms with E-state index in [4.69, 9.17) is 17.0 Å². The summed E-state index contributed by atoms with van der Waals surface area (Å²) in [7, 11) is 0. The fourth-order valence-electron chi connectivity index (χ4n) is 7.01. The molecule has 3 heterocycles. The van der Waals surface area contributed by atoms with Crippen LogP contribution < -0.4 is 5.32 Å². The van der Waals surface area contributed by atoms with Gasteiger partial charge in [0.1, 0.15) is 11.6 Å². The Morgan fingerprint density at radius 3 is 1.36 bits per heavy atom.